The van der Waals surface area contributed by atoms with Crippen LogP contribution in [0.25, 0.3) is 0 Å². The van der Waals surface area contributed by atoms with Gasteiger partial charge in [-0.2, -0.15) is 4.31 Å². The van der Waals surface area contributed by atoms with Crippen LogP contribution in [0.5, 0.6) is 0 Å². The summed E-state index contributed by atoms with van der Waals surface area (Å²) in [4.78, 5) is 24.7. The van der Waals surface area contributed by atoms with Gasteiger partial charge in [-0.25, -0.2) is 8.42 Å². The van der Waals surface area contributed by atoms with Gasteiger partial charge in [0.25, 0.3) is 0 Å². The highest BCUT2D eigenvalue weighted by molar-refractivity contribution is 7.89. The summed E-state index contributed by atoms with van der Waals surface area (Å²) in [5.41, 5.74) is 2.48. The van der Waals surface area contributed by atoms with Crippen LogP contribution in [0, 0.1) is 12.8 Å². The maximum Gasteiger partial charge on any atom is 0.243 e. The molecular formula is C25H27N3O5S. The highest BCUT2D eigenvalue weighted by Crippen LogP contribution is 2.30. The number of sulfonamides is 1. The Labute approximate surface area is 199 Å². The van der Waals surface area contributed by atoms with Gasteiger partial charge in [-0.3, -0.25) is 9.59 Å². The third-order valence-electron chi connectivity index (χ3n) is 5.55. The SMILES string of the molecule is Cc1ccc(S(=O)(=O)N(CC(=O)NCc2ccc(NC(=O)C3CC3)cc2)Cc2ccco2)cc1. The molecule has 0 bridgehead atoms. The summed E-state index contributed by atoms with van der Waals surface area (Å²) in [5.74, 6) is 0.160. The van der Waals surface area contributed by atoms with Gasteiger partial charge in [-0.1, -0.05) is 29.8 Å². The van der Waals surface area contributed by atoms with Crippen molar-refractivity contribution < 1.29 is 22.4 Å². The number of nitrogens with one attached hydrogen (secondary N) is 2. The fourth-order valence-electron chi connectivity index (χ4n) is 3.37. The molecule has 1 aliphatic carbocycles. The monoisotopic (exact) mass is 481 g/mol. The smallest absolute Gasteiger partial charge is 0.243 e. The molecule has 1 aromatic heterocycles. The number of anilines is 1. The number of benzene rings is 2. The Hall–Kier alpha value is -3.43. The summed E-state index contributed by atoms with van der Waals surface area (Å²) in [6.45, 7) is 1.69. The van der Waals surface area contributed by atoms with Crippen LogP contribution in [0.2, 0.25) is 0 Å². The van der Waals surface area contributed by atoms with E-state index in [1.165, 1.54) is 18.4 Å². The van der Waals surface area contributed by atoms with Crippen LogP contribution in [0.3, 0.4) is 0 Å². The van der Waals surface area contributed by atoms with Gasteiger partial charge in [0.15, 0.2) is 0 Å². The average molecular weight is 482 g/mol. The summed E-state index contributed by atoms with van der Waals surface area (Å²) in [7, 11) is -3.92. The van der Waals surface area contributed by atoms with Gasteiger partial charge in [-0.15, -0.1) is 0 Å². The van der Waals surface area contributed by atoms with Gasteiger partial charge in [0, 0.05) is 18.2 Å². The van der Waals surface area contributed by atoms with Crippen LogP contribution in [0.1, 0.15) is 29.7 Å². The molecular weight excluding hydrogens is 454 g/mol. The van der Waals surface area contributed by atoms with Crippen molar-refractivity contribution in [1.82, 2.24) is 9.62 Å². The van der Waals surface area contributed by atoms with Crippen LogP contribution < -0.4 is 10.6 Å². The van der Waals surface area contributed by atoms with E-state index in [4.69, 9.17) is 4.42 Å². The molecule has 0 unspecified atom stereocenters. The molecule has 9 heteroatoms. The first kappa shape index (κ1) is 23.7. The van der Waals surface area contributed by atoms with E-state index >= 15 is 0 Å². The van der Waals surface area contributed by atoms with Crippen LogP contribution in [-0.4, -0.2) is 31.1 Å². The molecule has 1 aliphatic rings. The zero-order chi connectivity index (χ0) is 24.1. The van der Waals surface area contributed by atoms with E-state index in [9.17, 15) is 18.0 Å². The Kier molecular flexibility index (Phi) is 7.14. The Morgan fingerprint density at radius 2 is 1.74 bits per heavy atom. The molecule has 34 heavy (non-hydrogen) atoms. The van der Waals surface area contributed by atoms with E-state index in [1.54, 1.807) is 36.4 Å². The fraction of sp³-hybridized carbons (Fsp3) is 0.280. The third kappa shape index (κ3) is 6.12. The van der Waals surface area contributed by atoms with Crippen LogP contribution >= 0.6 is 0 Å². The maximum absolute atomic E-state index is 13.2. The van der Waals surface area contributed by atoms with Gasteiger partial charge in [0.1, 0.15) is 5.76 Å². The molecule has 8 nitrogen and oxygen atoms in total. The number of hydrogen-bond donors (Lipinski definition) is 2. The summed E-state index contributed by atoms with van der Waals surface area (Å²) >= 11 is 0. The molecule has 1 fully saturated rings. The summed E-state index contributed by atoms with van der Waals surface area (Å²) in [6.07, 6.45) is 3.34. The number of amides is 2. The van der Waals surface area contributed by atoms with E-state index < -0.39 is 15.9 Å². The second-order valence-electron chi connectivity index (χ2n) is 8.40. The molecule has 2 amide bonds. The van der Waals surface area contributed by atoms with Crippen LogP contribution in [0.4, 0.5) is 5.69 Å². The minimum absolute atomic E-state index is 0.0347. The Balaban J connectivity index is 1.39. The molecule has 2 aromatic carbocycles. The van der Waals surface area contributed by atoms with Crippen LogP contribution in [-0.2, 0) is 32.7 Å². The van der Waals surface area contributed by atoms with Gasteiger partial charge in [0.05, 0.1) is 24.2 Å². The number of aryl methyl sites for hydroxylation is 1. The van der Waals surface area contributed by atoms with Gasteiger partial charge < -0.3 is 15.1 Å². The van der Waals surface area contributed by atoms with E-state index in [0.717, 1.165) is 28.3 Å². The van der Waals surface area contributed by atoms with E-state index in [-0.39, 0.29) is 36.4 Å². The molecule has 1 heterocycles. The van der Waals surface area contributed by atoms with Gasteiger partial charge in [0.2, 0.25) is 21.8 Å². The van der Waals surface area contributed by atoms with Gasteiger partial charge in [-0.05, 0) is 61.7 Å². The Morgan fingerprint density at radius 3 is 2.35 bits per heavy atom. The first-order valence-electron chi connectivity index (χ1n) is 11.1. The number of rotatable bonds is 10. The van der Waals surface area contributed by atoms with Crippen LogP contribution in [0.15, 0.2) is 76.2 Å². The summed E-state index contributed by atoms with van der Waals surface area (Å²) < 4.78 is 32.9. The first-order chi connectivity index (χ1) is 16.3. The molecule has 2 N–H and O–H groups in total. The van der Waals surface area contributed by atoms with Crippen molar-refractivity contribution in [3.05, 3.63) is 83.8 Å². The Morgan fingerprint density at radius 1 is 1.03 bits per heavy atom. The van der Waals surface area contributed by atoms with Crippen molar-refractivity contribution in [2.45, 2.75) is 37.8 Å². The normalized spacial score (nSPS) is 13.6. The minimum atomic E-state index is -3.92. The first-order valence-corrected chi connectivity index (χ1v) is 12.5. The van der Waals surface area contributed by atoms with Crippen molar-refractivity contribution in [3.8, 4) is 0 Å². The maximum atomic E-state index is 13.2. The van der Waals surface area contributed by atoms with Crippen molar-refractivity contribution in [3.63, 3.8) is 0 Å². The van der Waals surface area contributed by atoms with E-state index in [1.807, 2.05) is 19.1 Å². The molecule has 3 aromatic rings. The lowest BCUT2D eigenvalue weighted by Gasteiger charge is -2.21. The number of carbonyl (C=O) groups is 2. The van der Waals surface area contributed by atoms with Crippen molar-refractivity contribution in [2.24, 2.45) is 5.92 Å². The summed E-state index contributed by atoms with van der Waals surface area (Å²) in [6, 6.07) is 17.0. The number of nitrogens with zero attached hydrogens (tertiary/aromatic N) is 1. The zero-order valence-electron chi connectivity index (χ0n) is 18.9. The van der Waals surface area contributed by atoms with Gasteiger partial charge >= 0.3 is 0 Å². The molecule has 0 aliphatic heterocycles. The third-order valence-corrected chi connectivity index (χ3v) is 7.36. The quantitative estimate of drug-likeness (QED) is 0.461. The second kappa shape index (κ2) is 10.2. The Bertz CT molecular complexity index is 1230. The lowest BCUT2D eigenvalue weighted by atomic mass is 10.2. The van der Waals surface area contributed by atoms with Crippen molar-refractivity contribution >= 4 is 27.5 Å². The molecule has 0 atom stereocenters. The number of carbonyl (C=O) groups excluding carboxylic acids is 2. The van der Waals surface area contributed by atoms with E-state index in [0.29, 0.717) is 11.4 Å². The van der Waals surface area contributed by atoms with E-state index in [2.05, 4.69) is 10.6 Å². The topological polar surface area (TPSA) is 109 Å². The lowest BCUT2D eigenvalue weighted by molar-refractivity contribution is -0.121. The van der Waals surface area contributed by atoms with Crippen molar-refractivity contribution in [2.75, 3.05) is 11.9 Å². The number of hydrogen-bond acceptors (Lipinski definition) is 5. The van der Waals surface area contributed by atoms with Crippen molar-refractivity contribution in [1.29, 1.82) is 0 Å². The summed E-state index contributed by atoms with van der Waals surface area (Å²) in [5, 5.41) is 5.64. The standard InChI is InChI=1S/C25H27N3O5S/c1-18-4-12-23(13-5-18)34(31,32)28(16-22-3-2-14-33-22)17-24(29)26-15-19-6-10-21(11-7-19)27-25(30)20-8-9-20/h2-7,10-14,20H,8-9,15-17H2,1H3,(H,26,29)(H,27,30). The lowest BCUT2D eigenvalue weighted by Crippen LogP contribution is -2.40. The minimum Gasteiger partial charge on any atom is -0.468 e. The predicted octanol–water partition coefficient (Wildman–Crippen LogP) is 3.44. The highest BCUT2D eigenvalue weighted by atomic mass is 32.2. The fourth-order valence-corrected chi connectivity index (χ4v) is 4.74. The molecule has 0 saturated heterocycles. The predicted molar refractivity (Wildman–Crippen MR) is 127 cm³/mol. The molecule has 178 valence electrons. The zero-order valence-corrected chi connectivity index (χ0v) is 19.7. The highest BCUT2D eigenvalue weighted by Gasteiger charge is 2.29. The molecule has 1 saturated carbocycles. The largest absolute Gasteiger partial charge is 0.468 e. The molecule has 0 spiro atoms. The molecule has 0 radical (unpaired) electrons. The second-order valence-corrected chi connectivity index (χ2v) is 10.3. The number of furan rings is 1. The molecule has 4 rings (SSSR count). The average Bonchev–Trinajstić information content (AvgIpc) is 3.55.